The van der Waals surface area contributed by atoms with Crippen molar-refractivity contribution < 1.29 is 9.90 Å². The maximum absolute atomic E-state index is 10.4. The van der Waals surface area contributed by atoms with E-state index in [-0.39, 0.29) is 6.42 Å². The van der Waals surface area contributed by atoms with E-state index in [4.69, 9.17) is 5.11 Å². The second-order valence-electron chi connectivity index (χ2n) is 4.35. The zero-order valence-corrected chi connectivity index (χ0v) is 12.6. The first-order valence-corrected chi connectivity index (χ1v) is 7.23. The molecule has 1 aromatic heterocycles. The molecule has 2 aromatic rings. The van der Waals surface area contributed by atoms with Crippen molar-refractivity contribution in [3.05, 3.63) is 40.2 Å². The molecule has 100 valence electrons. The molecule has 0 fully saturated rings. The molecule has 1 N–H and O–H groups in total. The molecule has 0 radical (unpaired) electrons. The Morgan fingerprint density at radius 3 is 2.63 bits per heavy atom. The Morgan fingerprint density at radius 2 is 1.95 bits per heavy atom. The summed E-state index contributed by atoms with van der Waals surface area (Å²) in [7, 11) is 0. The first kappa shape index (κ1) is 14.0. The maximum Gasteiger partial charge on any atom is 0.303 e. The van der Waals surface area contributed by atoms with Crippen LogP contribution in [0.2, 0.25) is 0 Å². The van der Waals surface area contributed by atoms with Gasteiger partial charge in [0.1, 0.15) is 0 Å². The quantitative estimate of drug-likeness (QED) is 0.626. The van der Waals surface area contributed by atoms with Crippen LogP contribution in [-0.2, 0) is 11.3 Å². The van der Waals surface area contributed by atoms with Crippen molar-refractivity contribution in [1.82, 2.24) is 9.78 Å². The summed E-state index contributed by atoms with van der Waals surface area (Å²) < 4.78 is 3.08. The van der Waals surface area contributed by atoms with Crippen LogP contribution in [0.4, 0.5) is 0 Å². The van der Waals surface area contributed by atoms with Gasteiger partial charge in [-0.25, -0.2) is 0 Å². The highest BCUT2D eigenvalue weighted by atomic mass is 127. The molecule has 19 heavy (non-hydrogen) atoms. The number of nitrogens with zero attached hydrogens (tertiary/aromatic N) is 2. The Labute approximate surface area is 125 Å². The van der Waals surface area contributed by atoms with Crippen molar-refractivity contribution in [3.63, 3.8) is 0 Å². The number of rotatable bonds is 6. The van der Waals surface area contributed by atoms with Crippen LogP contribution in [0.3, 0.4) is 0 Å². The second-order valence-corrected chi connectivity index (χ2v) is 5.60. The molecular weight excluding hydrogens is 355 g/mol. The van der Waals surface area contributed by atoms with Crippen LogP contribution >= 0.6 is 22.6 Å². The van der Waals surface area contributed by atoms with Crippen LogP contribution in [0, 0.1) is 3.57 Å². The van der Waals surface area contributed by atoms with Gasteiger partial charge in [0.05, 0.1) is 6.20 Å². The summed E-state index contributed by atoms with van der Waals surface area (Å²) in [6.45, 7) is 0.762. The van der Waals surface area contributed by atoms with Gasteiger partial charge in [0.15, 0.2) is 0 Å². The van der Waals surface area contributed by atoms with Crippen LogP contribution in [-0.4, -0.2) is 20.9 Å². The van der Waals surface area contributed by atoms with E-state index in [0.717, 1.165) is 24.1 Å². The molecule has 0 amide bonds. The molecule has 0 aliphatic heterocycles. The van der Waals surface area contributed by atoms with Gasteiger partial charge < -0.3 is 5.11 Å². The average molecular weight is 370 g/mol. The summed E-state index contributed by atoms with van der Waals surface area (Å²) >= 11 is 2.28. The fourth-order valence-electron chi connectivity index (χ4n) is 1.83. The topological polar surface area (TPSA) is 55.1 Å². The minimum absolute atomic E-state index is 0.227. The van der Waals surface area contributed by atoms with E-state index in [1.165, 1.54) is 3.57 Å². The fraction of sp³-hybridized carbons (Fsp3) is 0.286. The lowest BCUT2D eigenvalue weighted by Gasteiger charge is -2.00. The SMILES string of the molecule is O=C(O)CCCCn1cc(-c2ccc(I)cc2)cn1. The van der Waals surface area contributed by atoms with Gasteiger partial charge in [0.25, 0.3) is 0 Å². The highest BCUT2D eigenvalue weighted by Gasteiger charge is 2.02. The third kappa shape index (κ3) is 4.34. The first-order chi connectivity index (χ1) is 9.15. The molecule has 0 aliphatic rings. The number of aliphatic carboxylic acids is 1. The highest BCUT2D eigenvalue weighted by Crippen LogP contribution is 2.19. The van der Waals surface area contributed by atoms with E-state index in [1.807, 2.05) is 17.1 Å². The summed E-state index contributed by atoms with van der Waals surface area (Å²) in [5, 5.41) is 12.9. The lowest BCUT2D eigenvalue weighted by atomic mass is 10.1. The van der Waals surface area contributed by atoms with Gasteiger partial charge in [0, 0.05) is 28.3 Å². The lowest BCUT2D eigenvalue weighted by Crippen LogP contribution is -2.00. The Balaban J connectivity index is 1.91. The van der Waals surface area contributed by atoms with Gasteiger partial charge in [-0.15, -0.1) is 0 Å². The Bertz CT molecular complexity index is 549. The molecule has 0 bridgehead atoms. The number of unbranched alkanes of at least 4 members (excludes halogenated alkanes) is 1. The van der Waals surface area contributed by atoms with Gasteiger partial charge >= 0.3 is 5.97 Å². The van der Waals surface area contributed by atoms with Gasteiger partial charge in [-0.2, -0.15) is 5.10 Å². The molecule has 0 unspecified atom stereocenters. The number of benzene rings is 1. The lowest BCUT2D eigenvalue weighted by molar-refractivity contribution is -0.137. The van der Waals surface area contributed by atoms with Crippen molar-refractivity contribution >= 4 is 28.6 Å². The van der Waals surface area contributed by atoms with Crippen molar-refractivity contribution in [2.45, 2.75) is 25.8 Å². The van der Waals surface area contributed by atoms with Gasteiger partial charge in [0.2, 0.25) is 0 Å². The van der Waals surface area contributed by atoms with E-state index in [2.05, 4.69) is 52.0 Å². The van der Waals surface area contributed by atoms with E-state index >= 15 is 0 Å². The van der Waals surface area contributed by atoms with Crippen LogP contribution in [0.15, 0.2) is 36.7 Å². The summed E-state index contributed by atoms with van der Waals surface area (Å²) in [5.41, 5.74) is 2.24. The van der Waals surface area contributed by atoms with Gasteiger partial charge in [-0.05, 0) is 53.1 Å². The largest absolute Gasteiger partial charge is 0.481 e. The molecule has 5 heteroatoms. The molecule has 2 rings (SSSR count). The number of hydrogen-bond donors (Lipinski definition) is 1. The van der Waals surface area contributed by atoms with E-state index < -0.39 is 5.97 Å². The fourth-order valence-corrected chi connectivity index (χ4v) is 2.19. The number of halogens is 1. The molecule has 0 saturated carbocycles. The number of aryl methyl sites for hydroxylation is 1. The van der Waals surface area contributed by atoms with Gasteiger partial charge in [-0.1, -0.05) is 12.1 Å². The molecule has 4 nitrogen and oxygen atoms in total. The predicted molar refractivity (Wildman–Crippen MR) is 81.9 cm³/mol. The summed E-state index contributed by atoms with van der Waals surface area (Å²) in [4.78, 5) is 10.4. The summed E-state index contributed by atoms with van der Waals surface area (Å²) in [6, 6.07) is 8.29. The van der Waals surface area contributed by atoms with E-state index in [0.29, 0.717) is 6.42 Å². The van der Waals surface area contributed by atoms with E-state index in [9.17, 15) is 4.79 Å². The Morgan fingerprint density at radius 1 is 1.21 bits per heavy atom. The smallest absolute Gasteiger partial charge is 0.303 e. The molecular formula is C14H15IN2O2. The monoisotopic (exact) mass is 370 g/mol. The molecule has 0 spiro atoms. The highest BCUT2D eigenvalue weighted by molar-refractivity contribution is 14.1. The van der Waals surface area contributed by atoms with Gasteiger partial charge in [-0.3, -0.25) is 9.48 Å². The van der Waals surface area contributed by atoms with Crippen LogP contribution < -0.4 is 0 Å². The maximum atomic E-state index is 10.4. The van der Waals surface area contributed by atoms with Crippen molar-refractivity contribution in [1.29, 1.82) is 0 Å². The van der Waals surface area contributed by atoms with Crippen LogP contribution in [0.1, 0.15) is 19.3 Å². The number of aromatic nitrogens is 2. The molecule has 0 saturated heterocycles. The normalized spacial score (nSPS) is 10.6. The Kier molecular flexibility index (Phi) is 4.95. The van der Waals surface area contributed by atoms with Crippen molar-refractivity contribution in [3.8, 4) is 11.1 Å². The predicted octanol–water partition coefficient (Wildman–Crippen LogP) is 3.41. The second kappa shape index (κ2) is 6.70. The molecule has 1 heterocycles. The van der Waals surface area contributed by atoms with E-state index in [1.54, 1.807) is 0 Å². The minimum atomic E-state index is -0.736. The molecule has 0 aliphatic carbocycles. The molecule has 0 atom stereocenters. The van der Waals surface area contributed by atoms with Crippen LogP contribution in [0.25, 0.3) is 11.1 Å². The standard InChI is InChI=1S/C14H15IN2O2/c15-13-6-4-11(5-7-13)12-9-16-17(10-12)8-2-1-3-14(18)19/h4-7,9-10H,1-3,8H2,(H,18,19). The number of carboxylic acid groups (broad SMARTS) is 1. The molecule has 1 aromatic carbocycles. The van der Waals surface area contributed by atoms with Crippen LogP contribution in [0.5, 0.6) is 0 Å². The number of carboxylic acids is 1. The van der Waals surface area contributed by atoms with Crippen molar-refractivity contribution in [2.24, 2.45) is 0 Å². The summed E-state index contributed by atoms with van der Waals surface area (Å²) in [6.07, 6.45) is 5.60. The first-order valence-electron chi connectivity index (χ1n) is 6.15. The number of hydrogen-bond acceptors (Lipinski definition) is 2. The zero-order chi connectivity index (χ0) is 13.7. The summed E-state index contributed by atoms with van der Waals surface area (Å²) in [5.74, 6) is -0.736. The number of carbonyl (C=O) groups is 1. The minimum Gasteiger partial charge on any atom is -0.481 e. The zero-order valence-electron chi connectivity index (χ0n) is 10.4. The average Bonchev–Trinajstić information content (AvgIpc) is 2.84. The third-order valence-corrected chi connectivity index (χ3v) is 3.56. The third-order valence-electron chi connectivity index (χ3n) is 2.84. The Hall–Kier alpha value is -1.37. The van der Waals surface area contributed by atoms with Crippen molar-refractivity contribution in [2.75, 3.05) is 0 Å².